The monoisotopic (exact) mass is 402 g/mol. The molecule has 0 aliphatic heterocycles. The average molecular weight is 402 g/mol. The van der Waals surface area contributed by atoms with E-state index in [1.165, 1.54) is 21.3 Å². The van der Waals surface area contributed by atoms with Crippen molar-refractivity contribution in [2.45, 2.75) is 6.54 Å². The number of carbonyl (C=O) groups excluding carboxylic acids is 2. The Balaban J connectivity index is 2.01. The van der Waals surface area contributed by atoms with Gasteiger partial charge in [0.1, 0.15) is 0 Å². The highest BCUT2D eigenvalue weighted by Gasteiger charge is 2.17. The highest BCUT2D eigenvalue weighted by atomic mass is 16.5. The summed E-state index contributed by atoms with van der Waals surface area (Å²) in [5.41, 5.74) is 1.79. The van der Waals surface area contributed by atoms with E-state index in [9.17, 15) is 9.59 Å². The summed E-state index contributed by atoms with van der Waals surface area (Å²) < 4.78 is 20.7. The molecule has 2 N–H and O–H groups in total. The van der Waals surface area contributed by atoms with Crippen molar-refractivity contribution in [3.8, 4) is 17.2 Å². The number of benzene rings is 2. The highest BCUT2D eigenvalue weighted by Crippen LogP contribution is 2.38. The van der Waals surface area contributed by atoms with Crippen LogP contribution in [0.5, 0.6) is 17.2 Å². The maximum atomic E-state index is 12.5. The van der Waals surface area contributed by atoms with Gasteiger partial charge in [-0.05, 0) is 29.8 Å². The maximum absolute atomic E-state index is 12.5. The third kappa shape index (κ3) is 5.86. The third-order valence-corrected chi connectivity index (χ3v) is 4.19. The molecular formula is C21H26N2O6. The fraction of sp³-hybridized carbons (Fsp3) is 0.333. The largest absolute Gasteiger partial charge is 0.493 e. The standard InChI is InChI=1S/C21H26N2O6/c1-26-10-9-22-20(24)15-7-5-14(6-8-15)13-23-21(25)16-11-17(27-2)19(29-4)18(12-16)28-3/h5-8,11-12H,9-10,13H2,1-4H3,(H,22,24)(H,23,25). The lowest BCUT2D eigenvalue weighted by atomic mass is 10.1. The van der Waals surface area contributed by atoms with Crippen molar-refractivity contribution >= 4 is 11.8 Å². The van der Waals surface area contributed by atoms with Crippen LogP contribution >= 0.6 is 0 Å². The van der Waals surface area contributed by atoms with Crippen molar-refractivity contribution in [3.63, 3.8) is 0 Å². The minimum Gasteiger partial charge on any atom is -0.493 e. The molecule has 0 bridgehead atoms. The zero-order valence-corrected chi connectivity index (χ0v) is 17.0. The van der Waals surface area contributed by atoms with Crippen LogP contribution in [0.25, 0.3) is 0 Å². The third-order valence-electron chi connectivity index (χ3n) is 4.19. The second kappa shape index (κ2) is 10.9. The van der Waals surface area contributed by atoms with E-state index in [1.807, 2.05) is 0 Å². The van der Waals surface area contributed by atoms with Crippen LogP contribution < -0.4 is 24.8 Å². The molecule has 2 amide bonds. The van der Waals surface area contributed by atoms with Crippen molar-refractivity contribution in [1.29, 1.82) is 0 Å². The van der Waals surface area contributed by atoms with Gasteiger partial charge in [0.05, 0.1) is 27.9 Å². The fourth-order valence-electron chi connectivity index (χ4n) is 2.64. The smallest absolute Gasteiger partial charge is 0.251 e. The number of methoxy groups -OCH3 is 4. The van der Waals surface area contributed by atoms with Crippen LogP contribution in [0.3, 0.4) is 0 Å². The van der Waals surface area contributed by atoms with Crippen LogP contribution in [-0.4, -0.2) is 53.4 Å². The van der Waals surface area contributed by atoms with Crippen LogP contribution in [0.15, 0.2) is 36.4 Å². The van der Waals surface area contributed by atoms with Gasteiger partial charge in [-0.25, -0.2) is 0 Å². The lowest BCUT2D eigenvalue weighted by molar-refractivity contribution is 0.0932. The summed E-state index contributed by atoms with van der Waals surface area (Å²) in [6.45, 7) is 1.21. The van der Waals surface area contributed by atoms with E-state index >= 15 is 0 Å². The Morgan fingerprint density at radius 3 is 1.90 bits per heavy atom. The molecule has 0 aliphatic rings. The van der Waals surface area contributed by atoms with Crippen LogP contribution in [0, 0.1) is 0 Å². The molecule has 29 heavy (non-hydrogen) atoms. The average Bonchev–Trinajstić information content (AvgIpc) is 2.76. The van der Waals surface area contributed by atoms with Gasteiger partial charge in [0.2, 0.25) is 5.75 Å². The summed E-state index contributed by atoms with van der Waals surface area (Å²) in [4.78, 5) is 24.5. The van der Waals surface area contributed by atoms with Gasteiger partial charge in [0, 0.05) is 31.3 Å². The number of hydrogen-bond donors (Lipinski definition) is 2. The number of hydrogen-bond acceptors (Lipinski definition) is 6. The summed E-state index contributed by atoms with van der Waals surface area (Å²) in [7, 11) is 6.06. The Morgan fingerprint density at radius 1 is 0.793 bits per heavy atom. The molecular weight excluding hydrogens is 376 g/mol. The summed E-state index contributed by atoms with van der Waals surface area (Å²) in [5, 5.41) is 5.59. The predicted molar refractivity (Wildman–Crippen MR) is 108 cm³/mol. The minimum atomic E-state index is -0.286. The van der Waals surface area contributed by atoms with Crippen molar-refractivity contribution < 1.29 is 28.5 Å². The first-order valence-electron chi connectivity index (χ1n) is 8.98. The highest BCUT2D eigenvalue weighted by molar-refractivity contribution is 5.96. The first-order valence-corrected chi connectivity index (χ1v) is 8.98. The lowest BCUT2D eigenvalue weighted by Gasteiger charge is -2.14. The Hall–Kier alpha value is -3.26. The molecule has 0 spiro atoms. The van der Waals surface area contributed by atoms with Crippen LogP contribution in [0.4, 0.5) is 0 Å². The molecule has 2 aromatic rings. The molecule has 2 aromatic carbocycles. The quantitative estimate of drug-likeness (QED) is 0.591. The van der Waals surface area contributed by atoms with Gasteiger partial charge < -0.3 is 29.6 Å². The second-order valence-electron chi connectivity index (χ2n) is 6.04. The Labute approximate surface area is 170 Å². The molecule has 2 rings (SSSR count). The molecule has 0 radical (unpaired) electrons. The molecule has 8 heteroatoms. The molecule has 0 aliphatic carbocycles. The van der Waals surface area contributed by atoms with E-state index in [-0.39, 0.29) is 11.8 Å². The number of amides is 2. The van der Waals surface area contributed by atoms with Crippen molar-refractivity contribution in [2.24, 2.45) is 0 Å². The summed E-state index contributed by atoms with van der Waals surface area (Å²) >= 11 is 0. The first kappa shape index (κ1) is 22.0. The van der Waals surface area contributed by atoms with E-state index in [4.69, 9.17) is 18.9 Å². The zero-order valence-electron chi connectivity index (χ0n) is 17.0. The molecule has 0 saturated carbocycles. The van der Waals surface area contributed by atoms with E-state index < -0.39 is 0 Å². The fourth-order valence-corrected chi connectivity index (χ4v) is 2.64. The summed E-state index contributed by atoms with van der Waals surface area (Å²) in [5.74, 6) is 0.772. The number of ether oxygens (including phenoxy) is 4. The van der Waals surface area contributed by atoms with Gasteiger partial charge >= 0.3 is 0 Å². The second-order valence-corrected chi connectivity index (χ2v) is 6.04. The van der Waals surface area contributed by atoms with E-state index in [0.29, 0.717) is 48.1 Å². The van der Waals surface area contributed by atoms with Gasteiger partial charge in [0.15, 0.2) is 11.5 Å². The van der Waals surface area contributed by atoms with Crippen LogP contribution in [-0.2, 0) is 11.3 Å². The Morgan fingerprint density at radius 2 is 1.38 bits per heavy atom. The molecule has 0 fully saturated rings. The normalized spacial score (nSPS) is 10.2. The predicted octanol–water partition coefficient (Wildman–Crippen LogP) is 2.02. The van der Waals surface area contributed by atoms with E-state index in [2.05, 4.69) is 10.6 Å². The summed E-state index contributed by atoms with van der Waals surface area (Å²) in [6.07, 6.45) is 0. The maximum Gasteiger partial charge on any atom is 0.251 e. The van der Waals surface area contributed by atoms with Gasteiger partial charge in [-0.2, -0.15) is 0 Å². The molecule has 0 saturated heterocycles. The molecule has 0 aromatic heterocycles. The number of rotatable bonds is 10. The molecule has 0 heterocycles. The molecule has 0 unspecified atom stereocenters. The van der Waals surface area contributed by atoms with E-state index in [1.54, 1.807) is 43.5 Å². The Kier molecular flexibility index (Phi) is 8.29. The Bertz CT molecular complexity index is 811. The number of carbonyl (C=O) groups is 2. The van der Waals surface area contributed by atoms with Crippen LogP contribution in [0.2, 0.25) is 0 Å². The van der Waals surface area contributed by atoms with Gasteiger partial charge in [-0.1, -0.05) is 12.1 Å². The molecule has 156 valence electrons. The topological polar surface area (TPSA) is 95.1 Å². The van der Waals surface area contributed by atoms with Gasteiger partial charge in [-0.3, -0.25) is 9.59 Å². The first-order chi connectivity index (χ1) is 14.0. The number of nitrogens with one attached hydrogen (secondary N) is 2. The van der Waals surface area contributed by atoms with Gasteiger partial charge in [0.25, 0.3) is 11.8 Å². The lowest BCUT2D eigenvalue weighted by Crippen LogP contribution is -2.27. The molecule has 0 atom stereocenters. The molecule has 8 nitrogen and oxygen atoms in total. The van der Waals surface area contributed by atoms with Gasteiger partial charge in [-0.15, -0.1) is 0 Å². The van der Waals surface area contributed by atoms with Crippen LogP contribution in [0.1, 0.15) is 26.3 Å². The van der Waals surface area contributed by atoms with Crippen molar-refractivity contribution in [3.05, 3.63) is 53.1 Å². The van der Waals surface area contributed by atoms with Crippen molar-refractivity contribution in [2.75, 3.05) is 41.6 Å². The van der Waals surface area contributed by atoms with Crippen molar-refractivity contribution in [1.82, 2.24) is 10.6 Å². The zero-order chi connectivity index (χ0) is 21.2. The van der Waals surface area contributed by atoms with E-state index in [0.717, 1.165) is 5.56 Å². The summed E-state index contributed by atoms with van der Waals surface area (Å²) in [6, 6.07) is 10.2. The minimum absolute atomic E-state index is 0.171. The SMILES string of the molecule is COCCNC(=O)c1ccc(CNC(=O)c2cc(OC)c(OC)c(OC)c2)cc1.